The first kappa shape index (κ1) is 18.1. The molecule has 1 aliphatic rings. The Morgan fingerprint density at radius 3 is 2.61 bits per heavy atom. The summed E-state index contributed by atoms with van der Waals surface area (Å²) in [7, 11) is 0. The van der Waals surface area contributed by atoms with Gasteiger partial charge in [-0.15, -0.1) is 0 Å². The van der Waals surface area contributed by atoms with Crippen molar-refractivity contribution in [2.45, 2.75) is 0 Å². The number of benzene rings is 2. The van der Waals surface area contributed by atoms with Crippen LogP contribution in [0, 0.1) is 0 Å². The lowest BCUT2D eigenvalue weighted by Crippen LogP contribution is -2.27. The molecule has 3 aromatic rings. The van der Waals surface area contributed by atoms with E-state index >= 15 is 0 Å². The van der Waals surface area contributed by atoms with E-state index in [1.165, 1.54) is 23.1 Å². The highest BCUT2D eigenvalue weighted by atomic mass is 32.2. The number of carboxylic acid groups (broad SMARTS) is 1. The normalized spacial score (nSPS) is 15.6. The van der Waals surface area contributed by atoms with Crippen molar-refractivity contribution >= 4 is 63.0 Å². The molecule has 138 valence electrons. The summed E-state index contributed by atoms with van der Waals surface area (Å²) >= 11 is 6.42. The average molecular weight is 409 g/mol. The van der Waals surface area contributed by atoms with E-state index in [0.29, 0.717) is 10.4 Å². The number of aromatic carboxylic acids is 1. The molecule has 2 heterocycles. The standard InChI is InChI=1S/C19H11N3O4S2/c23-15-4-2-11(9-12(15)18(25)26)22-17(24)16(28-19(22)27)8-10-1-3-13-14(7-10)21-6-5-20-13/h1-9,23H,(H,25,26). The molecule has 1 saturated heterocycles. The maximum atomic E-state index is 12.9. The summed E-state index contributed by atoms with van der Waals surface area (Å²) in [6, 6.07) is 9.35. The van der Waals surface area contributed by atoms with Crippen molar-refractivity contribution in [1.82, 2.24) is 9.97 Å². The molecule has 28 heavy (non-hydrogen) atoms. The van der Waals surface area contributed by atoms with Gasteiger partial charge in [0.25, 0.3) is 5.91 Å². The van der Waals surface area contributed by atoms with Crippen LogP contribution in [0.5, 0.6) is 5.75 Å². The molecule has 0 bridgehead atoms. The van der Waals surface area contributed by atoms with Gasteiger partial charge in [-0.3, -0.25) is 19.7 Å². The summed E-state index contributed by atoms with van der Waals surface area (Å²) in [4.78, 5) is 34.2. The SMILES string of the molecule is O=C(O)c1cc(N2C(=O)C(=Cc3ccc4nccnc4c3)SC2=S)ccc1O. The van der Waals surface area contributed by atoms with Crippen molar-refractivity contribution in [1.29, 1.82) is 0 Å². The minimum atomic E-state index is -1.29. The Kier molecular flexibility index (Phi) is 4.54. The van der Waals surface area contributed by atoms with Crippen LogP contribution in [0.3, 0.4) is 0 Å². The molecule has 1 aromatic heterocycles. The molecule has 1 fully saturated rings. The van der Waals surface area contributed by atoms with Gasteiger partial charge < -0.3 is 10.2 Å². The number of rotatable bonds is 3. The monoisotopic (exact) mass is 409 g/mol. The molecule has 4 rings (SSSR count). The third-order valence-electron chi connectivity index (χ3n) is 4.05. The Morgan fingerprint density at radius 2 is 1.86 bits per heavy atom. The molecule has 0 saturated carbocycles. The second kappa shape index (κ2) is 7.02. The zero-order chi connectivity index (χ0) is 19.8. The zero-order valence-corrected chi connectivity index (χ0v) is 15.7. The highest BCUT2D eigenvalue weighted by molar-refractivity contribution is 8.27. The number of thiocarbonyl (C=S) groups is 1. The van der Waals surface area contributed by atoms with Crippen LogP contribution in [-0.2, 0) is 4.79 Å². The lowest BCUT2D eigenvalue weighted by Gasteiger charge is -2.15. The van der Waals surface area contributed by atoms with E-state index in [2.05, 4.69) is 9.97 Å². The van der Waals surface area contributed by atoms with Gasteiger partial charge in [0, 0.05) is 12.4 Å². The molecule has 9 heteroatoms. The number of aromatic nitrogens is 2. The number of thioether (sulfide) groups is 1. The second-order valence-electron chi connectivity index (χ2n) is 5.83. The van der Waals surface area contributed by atoms with Crippen molar-refractivity contribution < 1.29 is 19.8 Å². The molecular formula is C19H11N3O4S2. The second-order valence-corrected chi connectivity index (χ2v) is 7.50. The first-order chi connectivity index (χ1) is 13.4. The first-order valence-corrected chi connectivity index (χ1v) is 9.21. The molecule has 2 N–H and O–H groups in total. The quantitative estimate of drug-likeness (QED) is 0.501. The van der Waals surface area contributed by atoms with Crippen LogP contribution in [0.4, 0.5) is 5.69 Å². The molecule has 0 spiro atoms. The fraction of sp³-hybridized carbons (Fsp3) is 0. The number of fused-ring (bicyclic) bond motifs is 1. The van der Waals surface area contributed by atoms with Crippen LogP contribution in [0.15, 0.2) is 53.7 Å². The van der Waals surface area contributed by atoms with Gasteiger partial charge in [-0.05, 0) is 42.0 Å². The molecule has 0 unspecified atom stereocenters. The number of carbonyl (C=O) groups excluding carboxylic acids is 1. The number of hydrogen-bond acceptors (Lipinski definition) is 7. The maximum Gasteiger partial charge on any atom is 0.339 e. The Labute approximate surface area is 168 Å². The summed E-state index contributed by atoms with van der Waals surface area (Å²) < 4.78 is 0.277. The van der Waals surface area contributed by atoms with Crippen molar-refractivity contribution in [3.63, 3.8) is 0 Å². The number of amides is 1. The number of nitrogens with zero attached hydrogens (tertiary/aromatic N) is 3. The molecule has 0 atom stereocenters. The predicted octanol–water partition coefficient (Wildman–Crippen LogP) is 3.44. The van der Waals surface area contributed by atoms with Gasteiger partial charge in [-0.25, -0.2) is 4.79 Å². The number of carbonyl (C=O) groups is 2. The lowest BCUT2D eigenvalue weighted by atomic mass is 10.1. The van der Waals surface area contributed by atoms with Crippen LogP contribution < -0.4 is 4.90 Å². The molecule has 1 aliphatic heterocycles. The van der Waals surface area contributed by atoms with E-state index in [1.807, 2.05) is 18.2 Å². The Hall–Kier alpha value is -3.30. The number of anilines is 1. The minimum Gasteiger partial charge on any atom is -0.507 e. The highest BCUT2D eigenvalue weighted by Gasteiger charge is 2.34. The Bertz CT molecular complexity index is 1190. The van der Waals surface area contributed by atoms with Crippen molar-refractivity contribution in [2.75, 3.05) is 4.90 Å². The van der Waals surface area contributed by atoms with Gasteiger partial charge in [0.15, 0.2) is 4.32 Å². The summed E-state index contributed by atoms with van der Waals surface area (Å²) in [5.74, 6) is -2.04. The van der Waals surface area contributed by atoms with Gasteiger partial charge in [0.05, 0.1) is 21.6 Å². The average Bonchev–Trinajstić information content (AvgIpc) is 2.95. The molecule has 2 aromatic carbocycles. The fourth-order valence-corrected chi connectivity index (χ4v) is 4.05. The number of aromatic hydroxyl groups is 1. The van der Waals surface area contributed by atoms with Crippen molar-refractivity contribution in [3.05, 3.63) is 64.8 Å². The van der Waals surface area contributed by atoms with Crippen molar-refractivity contribution in [3.8, 4) is 5.75 Å². The zero-order valence-electron chi connectivity index (χ0n) is 14.1. The van der Waals surface area contributed by atoms with E-state index in [0.717, 1.165) is 22.8 Å². The lowest BCUT2D eigenvalue weighted by molar-refractivity contribution is -0.113. The van der Waals surface area contributed by atoms with Gasteiger partial charge in [-0.1, -0.05) is 30.0 Å². The van der Waals surface area contributed by atoms with Gasteiger partial charge in [0.2, 0.25) is 0 Å². The van der Waals surface area contributed by atoms with Crippen LogP contribution in [0.1, 0.15) is 15.9 Å². The third kappa shape index (κ3) is 3.21. The van der Waals surface area contributed by atoms with Gasteiger partial charge in [-0.2, -0.15) is 0 Å². The highest BCUT2D eigenvalue weighted by Crippen LogP contribution is 2.37. The summed E-state index contributed by atoms with van der Waals surface area (Å²) in [5, 5.41) is 18.8. The predicted molar refractivity (Wildman–Crippen MR) is 110 cm³/mol. The smallest absolute Gasteiger partial charge is 0.339 e. The van der Waals surface area contributed by atoms with Crippen LogP contribution in [-0.4, -0.2) is 36.4 Å². The first-order valence-electron chi connectivity index (χ1n) is 7.99. The Morgan fingerprint density at radius 1 is 1.11 bits per heavy atom. The maximum absolute atomic E-state index is 12.9. The molecule has 0 radical (unpaired) electrons. The topological polar surface area (TPSA) is 104 Å². The van der Waals surface area contributed by atoms with Gasteiger partial charge >= 0.3 is 5.97 Å². The van der Waals surface area contributed by atoms with E-state index < -0.39 is 5.97 Å². The Balaban J connectivity index is 1.69. The van der Waals surface area contributed by atoms with E-state index in [-0.39, 0.29) is 27.2 Å². The summed E-state index contributed by atoms with van der Waals surface area (Å²) in [6.07, 6.45) is 4.90. The molecule has 0 aliphatic carbocycles. The van der Waals surface area contributed by atoms with Crippen molar-refractivity contribution in [2.24, 2.45) is 0 Å². The van der Waals surface area contributed by atoms with E-state index in [1.54, 1.807) is 18.5 Å². The van der Waals surface area contributed by atoms with Crippen LogP contribution in [0.2, 0.25) is 0 Å². The fourth-order valence-electron chi connectivity index (χ4n) is 2.75. The van der Waals surface area contributed by atoms with E-state index in [9.17, 15) is 19.8 Å². The third-order valence-corrected chi connectivity index (χ3v) is 5.36. The molecule has 1 amide bonds. The molecular weight excluding hydrogens is 398 g/mol. The largest absolute Gasteiger partial charge is 0.507 e. The van der Waals surface area contributed by atoms with Crippen LogP contribution >= 0.6 is 24.0 Å². The number of hydrogen-bond donors (Lipinski definition) is 2. The number of carboxylic acids is 1. The summed E-state index contributed by atoms with van der Waals surface area (Å²) in [5.41, 5.74) is 2.20. The number of phenols is 1. The van der Waals surface area contributed by atoms with E-state index in [4.69, 9.17) is 12.2 Å². The van der Waals surface area contributed by atoms with Crippen LogP contribution in [0.25, 0.3) is 17.1 Å². The summed E-state index contributed by atoms with van der Waals surface area (Å²) in [6.45, 7) is 0. The van der Waals surface area contributed by atoms with Gasteiger partial charge in [0.1, 0.15) is 11.3 Å². The minimum absolute atomic E-state index is 0.277. The molecule has 7 nitrogen and oxygen atoms in total.